The molecule has 7 rings (SSSR count). The molecule has 6 atom stereocenters. The first-order valence-corrected chi connectivity index (χ1v) is 11.2. The molecule has 0 aromatic carbocycles. The lowest BCUT2D eigenvalue weighted by atomic mass is 9.57. The van der Waals surface area contributed by atoms with Gasteiger partial charge in [-0.05, 0) is 52.5 Å². The molecule has 0 amide bonds. The van der Waals surface area contributed by atoms with Crippen LogP contribution in [0.25, 0.3) is 0 Å². The smallest absolute Gasteiger partial charge is 0.335 e. The quantitative estimate of drug-likeness (QED) is 0.541. The lowest BCUT2D eigenvalue weighted by Crippen LogP contribution is -2.53. The van der Waals surface area contributed by atoms with Crippen molar-refractivity contribution in [2.75, 3.05) is 0 Å². The Morgan fingerprint density at radius 2 is 1.94 bits per heavy atom. The minimum Gasteiger partial charge on any atom is -0.472 e. The van der Waals surface area contributed by atoms with Crippen LogP contribution in [-0.2, 0) is 19.1 Å². The Labute approximate surface area is 181 Å². The first-order chi connectivity index (χ1) is 14.5. The van der Waals surface area contributed by atoms with E-state index in [4.69, 9.17) is 13.9 Å². The monoisotopic (exact) mass is 424 g/mol. The lowest BCUT2D eigenvalue weighted by molar-refractivity contribution is -0.173. The van der Waals surface area contributed by atoms with Crippen LogP contribution >= 0.6 is 0 Å². The van der Waals surface area contributed by atoms with Gasteiger partial charge in [-0.1, -0.05) is 24.1 Å². The van der Waals surface area contributed by atoms with Crippen LogP contribution in [0.3, 0.4) is 0 Å². The van der Waals surface area contributed by atoms with Crippen molar-refractivity contribution >= 4 is 11.9 Å². The maximum atomic E-state index is 13.6. The number of carbonyl (C=O) groups excluding carboxylic acids is 2. The minimum absolute atomic E-state index is 0.0524. The van der Waals surface area contributed by atoms with Crippen molar-refractivity contribution in [2.45, 2.75) is 70.7 Å². The average Bonchev–Trinajstić information content (AvgIpc) is 3.33. The Kier molecular flexibility index (Phi) is 3.45. The van der Waals surface area contributed by atoms with E-state index in [2.05, 4.69) is 6.92 Å². The molecule has 2 bridgehead atoms. The molecule has 164 valence electrons. The summed E-state index contributed by atoms with van der Waals surface area (Å²) in [5.41, 5.74) is -0.120. The Bertz CT molecular complexity index is 1080. The molecule has 6 heteroatoms. The van der Waals surface area contributed by atoms with E-state index in [1.807, 2.05) is 32.9 Å². The van der Waals surface area contributed by atoms with Gasteiger partial charge in [0.25, 0.3) is 0 Å². The zero-order chi connectivity index (χ0) is 22.0. The minimum atomic E-state index is -1.26. The maximum Gasteiger partial charge on any atom is 0.335 e. The van der Waals surface area contributed by atoms with Gasteiger partial charge in [0, 0.05) is 28.4 Å². The van der Waals surface area contributed by atoms with E-state index in [-0.39, 0.29) is 23.8 Å². The number of furan rings is 1. The van der Waals surface area contributed by atoms with Crippen molar-refractivity contribution in [3.05, 3.63) is 47.0 Å². The molecule has 1 saturated carbocycles. The summed E-state index contributed by atoms with van der Waals surface area (Å²) in [6.07, 6.45) is 6.91. The van der Waals surface area contributed by atoms with Crippen LogP contribution in [0.2, 0.25) is 0 Å². The molecule has 4 heterocycles. The van der Waals surface area contributed by atoms with Crippen molar-refractivity contribution in [3.63, 3.8) is 0 Å². The number of esters is 2. The molecule has 31 heavy (non-hydrogen) atoms. The normalized spacial score (nSPS) is 44.8. The molecular formula is C25H28O6. The number of ether oxygens (including phenoxy) is 2. The Balaban J connectivity index is 1.55. The third-order valence-electron chi connectivity index (χ3n) is 9.00. The van der Waals surface area contributed by atoms with Crippen LogP contribution in [0.4, 0.5) is 0 Å². The molecule has 1 aromatic rings. The van der Waals surface area contributed by atoms with Crippen LogP contribution in [0.5, 0.6) is 0 Å². The van der Waals surface area contributed by atoms with Crippen molar-refractivity contribution in [1.82, 2.24) is 0 Å². The zero-order valence-electron chi connectivity index (χ0n) is 18.4. The van der Waals surface area contributed by atoms with Gasteiger partial charge in [-0.3, -0.25) is 4.79 Å². The summed E-state index contributed by atoms with van der Waals surface area (Å²) in [4.78, 5) is 26.8. The molecule has 6 aliphatic rings. The van der Waals surface area contributed by atoms with Gasteiger partial charge in [0.05, 0.1) is 18.1 Å². The Morgan fingerprint density at radius 1 is 1.16 bits per heavy atom. The standard InChI is InChI=1S/C25H28O6/c1-13-9-25-16-5-7-23(4)18(20(26)30-19(23)14-6-8-29-12-14)15(16)10-24(25,28)11-17(13)22(2,3)31-21(25)27/h6,8-9,12,16-17,19,28H,5,7,10-11H2,1-4H3/t16?,17-,19-,23+,24-,25+/m0/s1. The molecule has 2 saturated heterocycles. The van der Waals surface area contributed by atoms with Crippen molar-refractivity contribution < 1.29 is 28.6 Å². The molecule has 1 N–H and O–H groups in total. The van der Waals surface area contributed by atoms with Gasteiger partial charge in [0.2, 0.25) is 0 Å². The molecule has 0 radical (unpaired) electrons. The SMILES string of the molecule is CC1=C[C@@]23C(=O)OC(C)(C)[C@H]1C[C@@]2(O)CC1=C2C(=O)O[C@@H](c4ccoc4)[C@]2(C)CCC13. The summed E-state index contributed by atoms with van der Waals surface area (Å²) >= 11 is 0. The summed E-state index contributed by atoms with van der Waals surface area (Å²) in [6.45, 7) is 7.95. The maximum absolute atomic E-state index is 13.6. The molecular weight excluding hydrogens is 396 g/mol. The van der Waals surface area contributed by atoms with Gasteiger partial charge in [-0.15, -0.1) is 0 Å². The lowest BCUT2D eigenvalue weighted by Gasteiger charge is -2.45. The van der Waals surface area contributed by atoms with Crippen molar-refractivity contribution in [1.29, 1.82) is 0 Å². The first-order valence-electron chi connectivity index (χ1n) is 11.2. The second kappa shape index (κ2) is 5.52. The number of fused-ring (bicyclic) bond motifs is 4. The average molecular weight is 424 g/mol. The van der Waals surface area contributed by atoms with E-state index < -0.39 is 28.1 Å². The highest BCUT2D eigenvalue weighted by atomic mass is 16.6. The van der Waals surface area contributed by atoms with Crippen LogP contribution in [-0.4, -0.2) is 28.2 Å². The van der Waals surface area contributed by atoms with Gasteiger partial charge >= 0.3 is 11.9 Å². The van der Waals surface area contributed by atoms with E-state index in [9.17, 15) is 14.7 Å². The first kappa shape index (κ1) is 19.4. The van der Waals surface area contributed by atoms with E-state index in [0.717, 1.165) is 16.7 Å². The third kappa shape index (κ3) is 2.08. The molecule has 1 spiro atoms. The summed E-state index contributed by atoms with van der Waals surface area (Å²) < 4.78 is 17.1. The van der Waals surface area contributed by atoms with Gasteiger partial charge in [-0.25, -0.2) is 4.79 Å². The van der Waals surface area contributed by atoms with E-state index >= 15 is 0 Å². The fraction of sp³-hybridized carbons (Fsp3) is 0.600. The van der Waals surface area contributed by atoms with Gasteiger partial charge in [-0.2, -0.15) is 0 Å². The predicted octanol–water partition coefficient (Wildman–Crippen LogP) is 4.01. The third-order valence-corrected chi connectivity index (χ3v) is 9.00. The van der Waals surface area contributed by atoms with E-state index in [1.165, 1.54) is 0 Å². The summed E-state index contributed by atoms with van der Waals surface area (Å²) in [5.74, 6) is -1.01. The molecule has 3 fully saturated rings. The van der Waals surface area contributed by atoms with Gasteiger partial charge in [0.15, 0.2) is 0 Å². The zero-order valence-corrected chi connectivity index (χ0v) is 18.4. The second-order valence-electron chi connectivity index (χ2n) is 11.0. The summed E-state index contributed by atoms with van der Waals surface area (Å²) in [5, 5.41) is 12.0. The van der Waals surface area contributed by atoms with Gasteiger partial charge in [0.1, 0.15) is 17.1 Å². The largest absolute Gasteiger partial charge is 0.472 e. The summed E-state index contributed by atoms with van der Waals surface area (Å²) in [7, 11) is 0. The number of aliphatic hydroxyl groups is 1. The highest BCUT2D eigenvalue weighted by molar-refractivity contribution is 5.95. The fourth-order valence-electron chi connectivity index (χ4n) is 7.58. The number of hydrogen-bond donors (Lipinski definition) is 1. The number of carbonyl (C=O) groups is 2. The topological polar surface area (TPSA) is 86.0 Å². The molecule has 3 aliphatic heterocycles. The van der Waals surface area contributed by atoms with Crippen LogP contribution < -0.4 is 0 Å². The predicted molar refractivity (Wildman–Crippen MR) is 109 cm³/mol. The number of cyclic esters (lactones) is 1. The fourth-order valence-corrected chi connectivity index (χ4v) is 7.58. The molecule has 3 aliphatic carbocycles. The van der Waals surface area contributed by atoms with Crippen LogP contribution in [0.15, 0.2) is 45.8 Å². The molecule has 1 aromatic heterocycles. The van der Waals surface area contributed by atoms with Crippen LogP contribution in [0.1, 0.15) is 65.0 Å². The van der Waals surface area contributed by atoms with E-state index in [1.54, 1.807) is 12.5 Å². The highest BCUT2D eigenvalue weighted by Crippen LogP contribution is 2.70. The number of hydrogen-bond acceptors (Lipinski definition) is 6. The van der Waals surface area contributed by atoms with Gasteiger partial charge < -0.3 is 19.0 Å². The molecule has 6 nitrogen and oxygen atoms in total. The highest BCUT2D eigenvalue weighted by Gasteiger charge is 2.73. The summed E-state index contributed by atoms with van der Waals surface area (Å²) in [6, 6.07) is 1.83. The Hall–Kier alpha value is -2.34. The second-order valence-corrected chi connectivity index (χ2v) is 11.0. The van der Waals surface area contributed by atoms with E-state index in [0.29, 0.717) is 31.3 Å². The molecule has 1 unspecified atom stereocenters. The Morgan fingerprint density at radius 3 is 2.65 bits per heavy atom. The van der Waals surface area contributed by atoms with Crippen molar-refractivity contribution in [3.8, 4) is 0 Å². The van der Waals surface area contributed by atoms with Crippen LogP contribution in [0, 0.1) is 22.7 Å². The van der Waals surface area contributed by atoms with Crippen molar-refractivity contribution in [2.24, 2.45) is 22.7 Å². The number of rotatable bonds is 1.